The van der Waals surface area contributed by atoms with Crippen molar-refractivity contribution in [1.82, 2.24) is 4.90 Å². The summed E-state index contributed by atoms with van der Waals surface area (Å²) in [5, 5.41) is 0. The van der Waals surface area contributed by atoms with E-state index in [0.717, 1.165) is 5.56 Å². The molecule has 0 aromatic heterocycles. The monoisotopic (exact) mass is 302 g/mol. The van der Waals surface area contributed by atoms with E-state index in [4.69, 9.17) is 10.5 Å². The minimum absolute atomic E-state index is 0. The normalized spacial score (nSPS) is 17.2. The summed E-state index contributed by atoms with van der Waals surface area (Å²) in [5.74, 6) is 0. The van der Waals surface area contributed by atoms with Gasteiger partial charge < -0.3 is 15.4 Å². The molecule has 4 nitrogen and oxygen atoms in total. The Bertz CT molecular complexity index is 422. The standard InChI is InChI=1S/C14H19FN2O2.ClH/c15-14(11-16)6-8-17(9-7-14)13(18)19-10-12-4-2-1-3-5-12;/h1-5H,6-11,16H2;1H. The minimum atomic E-state index is -1.32. The van der Waals surface area contributed by atoms with Crippen molar-refractivity contribution in [2.75, 3.05) is 19.6 Å². The third kappa shape index (κ3) is 4.35. The second kappa shape index (κ2) is 7.45. The van der Waals surface area contributed by atoms with Gasteiger partial charge in [-0.2, -0.15) is 0 Å². The number of ether oxygens (including phenoxy) is 1. The Balaban J connectivity index is 0.00000200. The van der Waals surface area contributed by atoms with E-state index in [0.29, 0.717) is 13.1 Å². The predicted octanol–water partition coefficient (Wildman–Crippen LogP) is 2.51. The van der Waals surface area contributed by atoms with Crippen molar-refractivity contribution in [2.24, 2.45) is 5.73 Å². The zero-order valence-electron chi connectivity index (χ0n) is 11.3. The summed E-state index contributed by atoms with van der Waals surface area (Å²) in [6.07, 6.45) is 0.177. The van der Waals surface area contributed by atoms with Crippen LogP contribution in [-0.2, 0) is 11.3 Å². The SMILES string of the molecule is Cl.NCC1(F)CCN(C(=O)OCc2ccccc2)CC1. The molecule has 112 valence electrons. The first kappa shape index (κ1) is 16.7. The molecule has 1 heterocycles. The van der Waals surface area contributed by atoms with E-state index in [1.165, 1.54) is 4.90 Å². The van der Waals surface area contributed by atoms with Gasteiger partial charge in [0.05, 0.1) is 0 Å². The number of amides is 1. The summed E-state index contributed by atoms with van der Waals surface area (Å²) in [5.41, 5.74) is 5.00. The molecule has 1 saturated heterocycles. The van der Waals surface area contributed by atoms with Crippen LogP contribution in [0.2, 0.25) is 0 Å². The Morgan fingerprint density at radius 2 is 1.90 bits per heavy atom. The molecule has 1 aromatic carbocycles. The molecule has 6 heteroatoms. The zero-order chi connectivity index (χ0) is 13.7. The molecule has 0 aliphatic carbocycles. The van der Waals surface area contributed by atoms with Gasteiger partial charge in [0.15, 0.2) is 0 Å². The maximum atomic E-state index is 13.9. The second-order valence-electron chi connectivity index (χ2n) is 4.88. The Morgan fingerprint density at radius 3 is 2.45 bits per heavy atom. The highest BCUT2D eigenvalue weighted by Crippen LogP contribution is 2.25. The number of hydrogen-bond donors (Lipinski definition) is 1. The first-order chi connectivity index (χ1) is 9.13. The summed E-state index contributed by atoms with van der Waals surface area (Å²) in [6.45, 7) is 0.983. The number of carbonyl (C=O) groups is 1. The van der Waals surface area contributed by atoms with E-state index in [9.17, 15) is 9.18 Å². The Labute approximate surface area is 124 Å². The Hall–Kier alpha value is -1.33. The van der Waals surface area contributed by atoms with Gasteiger partial charge in [-0.1, -0.05) is 30.3 Å². The van der Waals surface area contributed by atoms with E-state index in [1.54, 1.807) is 0 Å². The quantitative estimate of drug-likeness (QED) is 0.933. The van der Waals surface area contributed by atoms with E-state index in [-0.39, 0.29) is 44.5 Å². The molecule has 0 radical (unpaired) electrons. The molecule has 0 bridgehead atoms. The first-order valence-electron chi connectivity index (χ1n) is 6.48. The van der Waals surface area contributed by atoms with Crippen LogP contribution in [0.3, 0.4) is 0 Å². The molecule has 2 rings (SSSR count). The molecule has 0 unspecified atom stereocenters. The molecule has 1 fully saturated rings. The summed E-state index contributed by atoms with van der Waals surface area (Å²) >= 11 is 0. The molecule has 1 aliphatic rings. The molecule has 2 N–H and O–H groups in total. The number of halogens is 2. The summed E-state index contributed by atoms with van der Waals surface area (Å²) in [6, 6.07) is 9.48. The van der Waals surface area contributed by atoms with Gasteiger partial charge in [-0.15, -0.1) is 12.4 Å². The maximum absolute atomic E-state index is 13.9. The number of nitrogens with two attached hydrogens (primary N) is 1. The summed E-state index contributed by atoms with van der Waals surface area (Å²) in [7, 11) is 0. The van der Waals surface area contributed by atoms with Crippen LogP contribution < -0.4 is 5.73 Å². The van der Waals surface area contributed by atoms with Crippen molar-refractivity contribution in [3.8, 4) is 0 Å². The lowest BCUT2D eigenvalue weighted by Crippen LogP contribution is -2.47. The van der Waals surface area contributed by atoms with Gasteiger partial charge in [0.25, 0.3) is 0 Å². The van der Waals surface area contributed by atoms with Gasteiger partial charge in [0.2, 0.25) is 0 Å². The van der Waals surface area contributed by atoms with Gasteiger partial charge in [-0.25, -0.2) is 9.18 Å². The van der Waals surface area contributed by atoms with Crippen LogP contribution in [-0.4, -0.2) is 36.3 Å². The van der Waals surface area contributed by atoms with Crippen LogP contribution >= 0.6 is 12.4 Å². The topological polar surface area (TPSA) is 55.6 Å². The molecular formula is C14H20ClFN2O2. The highest BCUT2D eigenvalue weighted by atomic mass is 35.5. The lowest BCUT2D eigenvalue weighted by Gasteiger charge is -2.34. The Morgan fingerprint density at radius 1 is 1.30 bits per heavy atom. The van der Waals surface area contributed by atoms with Crippen molar-refractivity contribution in [1.29, 1.82) is 0 Å². The number of benzene rings is 1. The molecule has 0 atom stereocenters. The highest BCUT2D eigenvalue weighted by molar-refractivity contribution is 5.85. The van der Waals surface area contributed by atoms with Crippen LogP contribution in [0.25, 0.3) is 0 Å². The number of nitrogens with zero attached hydrogens (tertiary/aromatic N) is 1. The fraction of sp³-hybridized carbons (Fsp3) is 0.500. The fourth-order valence-corrected chi connectivity index (χ4v) is 2.10. The summed E-state index contributed by atoms with van der Waals surface area (Å²) < 4.78 is 19.1. The third-order valence-electron chi connectivity index (χ3n) is 3.49. The third-order valence-corrected chi connectivity index (χ3v) is 3.49. The number of alkyl halides is 1. The number of piperidine rings is 1. The van der Waals surface area contributed by atoms with Crippen LogP contribution in [0.15, 0.2) is 30.3 Å². The number of rotatable bonds is 3. The van der Waals surface area contributed by atoms with E-state index in [1.807, 2.05) is 30.3 Å². The van der Waals surface area contributed by atoms with Gasteiger partial charge in [-0.3, -0.25) is 0 Å². The van der Waals surface area contributed by atoms with Crippen molar-refractivity contribution >= 4 is 18.5 Å². The largest absolute Gasteiger partial charge is 0.445 e. The smallest absolute Gasteiger partial charge is 0.410 e. The molecular weight excluding hydrogens is 283 g/mol. The summed E-state index contributed by atoms with van der Waals surface area (Å²) in [4.78, 5) is 13.4. The average molecular weight is 303 g/mol. The zero-order valence-corrected chi connectivity index (χ0v) is 12.1. The molecule has 1 aromatic rings. The molecule has 1 aliphatic heterocycles. The molecule has 20 heavy (non-hydrogen) atoms. The number of likely N-dealkylation sites (tertiary alicyclic amines) is 1. The van der Waals surface area contributed by atoms with Gasteiger partial charge in [-0.05, 0) is 5.56 Å². The van der Waals surface area contributed by atoms with Crippen molar-refractivity contribution < 1.29 is 13.9 Å². The van der Waals surface area contributed by atoms with Crippen LogP contribution in [0, 0.1) is 0 Å². The minimum Gasteiger partial charge on any atom is -0.445 e. The molecule has 1 amide bonds. The van der Waals surface area contributed by atoms with Crippen molar-refractivity contribution in [2.45, 2.75) is 25.1 Å². The van der Waals surface area contributed by atoms with Crippen LogP contribution in [0.5, 0.6) is 0 Å². The van der Waals surface area contributed by atoms with Crippen molar-refractivity contribution in [3.05, 3.63) is 35.9 Å². The lowest BCUT2D eigenvalue weighted by molar-refractivity contribution is 0.0452. The van der Waals surface area contributed by atoms with Gasteiger partial charge in [0.1, 0.15) is 12.3 Å². The average Bonchev–Trinajstić information content (AvgIpc) is 2.47. The van der Waals surface area contributed by atoms with E-state index >= 15 is 0 Å². The van der Waals surface area contributed by atoms with Crippen molar-refractivity contribution in [3.63, 3.8) is 0 Å². The van der Waals surface area contributed by atoms with E-state index in [2.05, 4.69) is 0 Å². The fourth-order valence-electron chi connectivity index (χ4n) is 2.10. The molecule has 0 saturated carbocycles. The molecule has 0 spiro atoms. The van der Waals surface area contributed by atoms with Crippen LogP contribution in [0.4, 0.5) is 9.18 Å². The van der Waals surface area contributed by atoms with E-state index < -0.39 is 5.67 Å². The first-order valence-corrected chi connectivity index (χ1v) is 6.48. The second-order valence-corrected chi connectivity index (χ2v) is 4.88. The number of hydrogen-bond acceptors (Lipinski definition) is 3. The van der Waals surface area contributed by atoms with Crippen LogP contribution in [0.1, 0.15) is 18.4 Å². The van der Waals surface area contributed by atoms with Gasteiger partial charge in [0, 0.05) is 32.5 Å². The van der Waals surface area contributed by atoms with Gasteiger partial charge >= 0.3 is 6.09 Å². The number of carbonyl (C=O) groups excluding carboxylic acids is 1. The maximum Gasteiger partial charge on any atom is 0.410 e. The Kier molecular flexibility index (Phi) is 6.23. The highest BCUT2D eigenvalue weighted by Gasteiger charge is 2.35. The lowest BCUT2D eigenvalue weighted by atomic mass is 9.94. The predicted molar refractivity (Wildman–Crippen MR) is 77.6 cm³/mol.